The molecule has 0 unspecified atom stereocenters. The lowest BCUT2D eigenvalue weighted by molar-refractivity contribution is -0.113. The summed E-state index contributed by atoms with van der Waals surface area (Å²) in [5.41, 5.74) is 3.65. The third kappa shape index (κ3) is 4.18. The fraction of sp³-hybridized carbons (Fsp3) is 0.120. The molecule has 31 heavy (non-hydrogen) atoms. The van der Waals surface area contributed by atoms with Crippen LogP contribution in [0.25, 0.3) is 6.08 Å². The van der Waals surface area contributed by atoms with Gasteiger partial charge in [0.05, 0.1) is 19.9 Å². The average Bonchev–Trinajstić information content (AvgIpc) is 3.10. The zero-order valence-corrected chi connectivity index (χ0v) is 18.2. The summed E-state index contributed by atoms with van der Waals surface area (Å²) in [7, 11) is 3.17. The van der Waals surface area contributed by atoms with Crippen molar-refractivity contribution in [3.8, 4) is 11.5 Å². The molecule has 1 amide bonds. The average molecular weight is 433 g/mol. The van der Waals surface area contributed by atoms with E-state index in [-0.39, 0.29) is 5.91 Å². The van der Waals surface area contributed by atoms with E-state index in [0.717, 1.165) is 22.4 Å². The van der Waals surface area contributed by atoms with E-state index in [4.69, 9.17) is 26.1 Å². The van der Waals surface area contributed by atoms with Crippen LogP contribution in [0.4, 0.5) is 5.69 Å². The lowest BCUT2D eigenvalue weighted by atomic mass is 10.1. The Kier molecular flexibility index (Phi) is 5.78. The molecular formula is C25H21ClN2O3. The summed E-state index contributed by atoms with van der Waals surface area (Å²) in [6.45, 7) is 1.99. The molecule has 5 nitrogen and oxygen atoms in total. The fourth-order valence-electron chi connectivity index (χ4n) is 3.40. The molecule has 0 aromatic heterocycles. The van der Waals surface area contributed by atoms with Crippen LogP contribution >= 0.6 is 11.6 Å². The van der Waals surface area contributed by atoms with Gasteiger partial charge in [0, 0.05) is 22.2 Å². The van der Waals surface area contributed by atoms with E-state index in [9.17, 15) is 4.79 Å². The molecule has 0 saturated heterocycles. The predicted molar refractivity (Wildman–Crippen MR) is 124 cm³/mol. The Labute approximate surface area is 186 Å². The molecule has 156 valence electrons. The second-order valence-corrected chi connectivity index (χ2v) is 7.50. The molecule has 0 bridgehead atoms. The van der Waals surface area contributed by atoms with Gasteiger partial charge in [0.2, 0.25) is 0 Å². The molecule has 0 atom stereocenters. The Bertz CT molecular complexity index is 1200. The minimum absolute atomic E-state index is 0.214. The molecule has 1 heterocycles. The Morgan fingerprint density at radius 1 is 0.968 bits per heavy atom. The summed E-state index contributed by atoms with van der Waals surface area (Å²) >= 11 is 6.06. The van der Waals surface area contributed by atoms with Gasteiger partial charge < -0.3 is 9.47 Å². The minimum atomic E-state index is -0.214. The van der Waals surface area contributed by atoms with Crippen LogP contribution in [0.2, 0.25) is 5.02 Å². The predicted octanol–water partition coefficient (Wildman–Crippen LogP) is 5.50. The zero-order chi connectivity index (χ0) is 22.0. The molecular weight excluding hydrogens is 412 g/mol. The van der Waals surface area contributed by atoms with Gasteiger partial charge in [0.15, 0.2) is 0 Å². The maximum Gasteiger partial charge on any atom is 0.282 e. The van der Waals surface area contributed by atoms with Crippen LogP contribution in [0, 0.1) is 6.92 Å². The van der Waals surface area contributed by atoms with Crippen molar-refractivity contribution >= 4 is 35.1 Å². The number of aryl methyl sites for hydroxylation is 1. The maximum absolute atomic E-state index is 13.4. The van der Waals surface area contributed by atoms with Gasteiger partial charge in [-0.15, -0.1) is 0 Å². The number of rotatable bonds is 5. The van der Waals surface area contributed by atoms with Crippen LogP contribution in [0.3, 0.4) is 0 Å². The van der Waals surface area contributed by atoms with Crippen LogP contribution in [0.15, 0.2) is 77.4 Å². The van der Waals surface area contributed by atoms with Gasteiger partial charge in [-0.05, 0) is 67.1 Å². The highest BCUT2D eigenvalue weighted by atomic mass is 35.5. The highest BCUT2D eigenvalue weighted by Crippen LogP contribution is 2.31. The SMILES string of the molecule is COc1ccc(/C=C2/N=C(c3ccc(Cl)cc3)N(c3cccc(C)c3)C2=O)c(OC)c1. The smallest absolute Gasteiger partial charge is 0.282 e. The number of aliphatic imine (C=N–C) groups is 1. The maximum atomic E-state index is 13.4. The number of hydrogen-bond donors (Lipinski definition) is 0. The summed E-state index contributed by atoms with van der Waals surface area (Å²) in [4.78, 5) is 19.8. The van der Waals surface area contributed by atoms with Crippen molar-refractivity contribution in [2.24, 2.45) is 4.99 Å². The standard InChI is InChI=1S/C25H21ClN2O3/c1-16-5-4-6-20(13-16)28-24(17-7-10-19(26)11-8-17)27-22(25(28)29)14-18-9-12-21(30-2)15-23(18)31-3/h4-15H,1-3H3/b22-14+. The highest BCUT2D eigenvalue weighted by Gasteiger charge is 2.32. The van der Waals surface area contributed by atoms with Gasteiger partial charge in [0.25, 0.3) is 5.91 Å². The van der Waals surface area contributed by atoms with Crippen molar-refractivity contribution in [1.82, 2.24) is 0 Å². The van der Waals surface area contributed by atoms with Gasteiger partial charge in [-0.25, -0.2) is 4.99 Å². The Hall–Kier alpha value is -3.57. The molecule has 0 saturated carbocycles. The molecule has 0 fully saturated rings. The Balaban J connectivity index is 1.83. The molecule has 4 rings (SSSR count). The van der Waals surface area contributed by atoms with E-state index in [1.54, 1.807) is 43.4 Å². The van der Waals surface area contributed by atoms with Crippen molar-refractivity contribution in [2.75, 3.05) is 19.1 Å². The zero-order valence-electron chi connectivity index (χ0n) is 17.4. The van der Waals surface area contributed by atoms with E-state index in [0.29, 0.717) is 28.1 Å². The second-order valence-electron chi connectivity index (χ2n) is 7.06. The van der Waals surface area contributed by atoms with Crippen LogP contribution < -0.4 is 14.4 Å². The van der Waals surface area contributed by atoms with Gasteiger partial charge in [-0.1, -0.05) is 23.7 Å². The molecule has 0 radical (unpaired) electrons. The highest BCUT2D eigenvalue weighted by molar-refractivity contribution is 6.34. The lowest BCUT2D eigenvalue weighted by Gasteiger charge is -2.19. The van der Waals surface area contributed by atoms with Crippen molar-refractivity contribution in [3.63, 3.8) is 0 Å². The van der Waals surface area contributed by atoms with Crippen LogP contribution in [0.1, 0.15) is 16.7 Å². The summed E-state index contributed by atoms with van der Waals surface area (Å²) in [6.07, 6.45) is 1.73. The van der Waals surface area contributed by atoms with E-state index < -0.39 is 0 Å². The quantitative estimate of drug-likeness (QED) is 0.500. The lowest BCUT2D eigenvalue weighted by Crippen LogP contribution is -2.32. The third-order valence-corrected chi connectivity index (χ3v) is 5.21. The number of amidine groups is 1. The minimum Gasteiger partial charge on any atom is -0.497 e. The topological polar surface area (TPSA) is 51.1 Å². The van der Waals surface area contributed by atoms with Crippen molar-refractivity contribution in [2.45, 2.75) is 6.92 Å². The number of carbonyl (C=O) groups is 1. The number of amides is 1. The first-order valence-corrected chi connectivity index (χ1v) is 10.1. The van der Waals surface area contributed by atoms with Gasteiger partial charge in [0.1, 0.15) is 23.0 Å². The Morgan fingerprint density at radius 2 is 1.74 bits per heavy atom. The number of carbonyl (C=O) groups excluding carboxylic acids is 1. The van der Waals surface area contributed by atoms with Gasteiger partial charge in [-0.3, -0.25) is 9.69 Å². The number of anilines is 1. The molecule has 6 heteroatoms. The van der Waals surface area contributed by atoms with Gasteiger partial charge in [-0.2, -0.15) is 0 Å². The first-order chi connectivity index (χ1) is 15.0. The van der Waals surface area contributed by atoms with Crippen molar-refractivity contribution in [3.05, 3.63) is 94.1 Å². The van der Waals surface area contributed by atoms with Crippen LogP contribution in [-0.4, -0.2) is 26.0 Å². The second kappa shape index (κ2) is 8.66. The Morgan fingerprint density at radius 3 is 2.42 bits per heavy atom. The molecule has 1 aliphatic heterocycles. The first kappa shape index (κ1) is 20.7. The molecule has 0 aliphatic carbocycles. The molecule has 0 spiro atoms. The van der Waals surface area contributed by atoms with Gasteiger partial charge >= 0.3 is 0 Å². The number of halogens is 1. The van der Waals surface area contributed by atoms with E-state index in [1.807, 2.05) is 55.5 Å². The normalized spacial score (nSPS) is 14.7. The van der Waals surface area contributed by atoms with Crippen molar-refractivity contribution < 1.29 is 14.3 Å². The van der Waals surface area contributed by atoms with Crippen molar-refractivity contribution in [1.29, 1.82) is 0 Å². The summed E-state index contributed by atoms with van der Waals surface area (Å²) < 4.78 is 10.7. The number of ether oxygens (including phenoxy) is 2. The van der Waals surface area contributed by atoms with E-state index in [2.05, 4.69) is 0 Å². The van der Waals surface area contributed by atoms with Crippen LogP contribution in [0.5, 0.6) is 11.5 Å². The molecule has 1 aliphatic rings. The molecule has 3 aromatic carbocycles. The molecule has 3 aromatic rings. The largest absolute Gasteiger partial charge is 0.497 e. The van der Waals surface area contributed by atoms with E-state index in [1.165, 1.54) is 0 Å². The summed E-state index contributed by atoms with van der Waals surface area (Å²) in [5, 5.41) is 0.620. The fourth-order valence-corrected chi connectivity index (χ4v) is 3.53. The van der Waals surface area contributed by atoms with E-state index >= 15 is 0 Å². The number of methoxy groups -OCH3 is 2. The summed E-state index contributed by atoms with van der Waals surface area (Å²) in [5.74, 6) is 1.60. The number of nitrogens with zero attached hydrogens (tertiary/aromatic N) is 2. The third-order valence-electron chi connectivity index (χ3n) is 4.96. The first-order valence-electron chi connectivity index (χ1n) is 9.69. The number of hydrogen-bond acceptors (Lipinski definition) is 4. The van der Waals surface area contributed by atoms with Crippen LogP contribution in [-0.2, 0) is 4.79 Å². The summed E-state index contributed by atoms with van der Waals surface area (Å²) in [6, 6.07) is 20.5. The number of benzene rings is 3. The molecule has 0 N–H and O–H groups in total. The monoisotopic (exact) mass is 432 g/mol.